The Hall–Kier alpha value is -1.52. The van der Waals surface area contributed by atoms with E-state index < -0.39 is 12.1 Å². The lowest BCUT2D eigenvalue weighted by molar-refractivity contribution is -0.188. The molecular formula is C15H18F3NO. The first-order chi connectivity index (χ1) is 9.47. The topological polar surface area (TPSA) is 20.3 Å². The first-order valence-corrected chi connectivity index (χ1v) is 6.85. The molecule has 1 aliphatic heterocycles. The molecule has 1 heterocycles. The number of amides is 1. The van der Waals surface area contributed by atoms with Crippen LogP contribution in [0.2, 0.25) is 0 Å². The third kappa shape index (κ3) is 3.99. The molecule has 5 heteroatoms. The van der Waals surface area contributed by atoms with Crippen LogP contribution in [0.3, 0.4) is 0 Å². The monoisotopic (exact) mass is 285 g/mol. The molecular weight excluding hydrogens is 267 g/mol. The van der Waals surface area contributed by atoms with Gasteiger partial charge in [0.15, 0.2) is 0 Å². The maximum absolute atomic E-state index is 12.7. The second-order valence-electron chi connectivity index (χ2n) is 5.21. The van der Waals surface area contributed by atoms with E-state index in [1.54, 1.807) is 0 Å². The van der Waals surface area contributed by atoms with Crippen molar-refractivity contribution >= 4 is 5.91 Å². The predicted molar refractivity (Wildman–Crippen MR) is 70.1 cm³/mol. The van der Waals surface area contributed by atoms with Crippen molar-refractivity contribution < 1.29 is 18.0 Å². The summed E-state index contributed by atoms with van der Waals surface area (Å²) in [7, 11) is 0. The van der Waals surface area contributed by atoms with Crippen molar-refractivity contribution in [1.82, 2.24) is 4.90 Å². The Morgan fingerprint density at radius 1 is 1.25 bits per heavy atom. The van der Waals surface area contributed by atoms with Crippen LogP contribution in [0, 0.1) is 5.92 Å². The molecule has 110 valence electrons. The molecule has 1 saturated heterocycles. The number of rotatable bonds is 3. The number of carbonyl (C=O) groups excluding carboxylic acids is 1. The molecule has 1 fully saturated rings. The van der Waals surface area contributed by atoms with Crippen LogP contribution < -0.4 is 0 Å². The third-order valence-electron chi connectivity index (χ3n) is 3.71. The zero-order valence-electron chi connectivity index (χ0n) is 11.2. The van der Waals surface area contributed by atoms with Gasteiger partial charge in [0, 0.05) is 19.5 Å². The number of alkyl halides is 3. The summed E-state index contributed by atoms with van der Waals surface area (Å²) < 4.78 is 38.1. The lowest BCUT2D eigenvalue weighted by Gasteiger charge is -2.33. The largest absolute Gasteiger partial charge is 0.393 e. The van der Waals surface area contributed by atoms with E-state index in [0.717, 1.165) is 5.56 Å². The summed E-state index contributed by atoms with van der Waals surface area (Å²) in [5, 5.41) is 0. The predicted octanol–water partition coefficient (Wildman–Crippen LogP) is 3.42. The van der Waals surface area contributed by atoms with E-state index in [1.165, 1.54) is 4.90 Å². The normalized spacial score (nSPS) is 19.9. The van der Waals surface area contributed by atoms with Crippen molar-refractivity contribution in [3.63, 3.8) is 0 Å². The van der Waals surface area contributed by atoms with E-state index in [-0.39, 0.29) is 25.3 Å². The van der Waals surface area contributed by atoms with Crippen LogP contribution in [0.1, 0.15) is 24.8 Å². The minimum Gasteiger partial charge on any atom is -0.342 e. The van der Waals surface area contributed by atoms with Crippen LogP contribution in [-0.2, 0) is 11.2 Å². The lowest BCUT2D eigenvalue weighted by atomic mass is 9.97. The minimum atomic E-state index is -4.20. The van der Waals surface area contributed by atoms with Crippen molar-refractivity contribution in [2.75, 3.05) is 13.1 Å². The zero-order valence-corrected chi connectivity index (χ0v) is 11.2. The van der Waals surface area contributed by atoms with Crippen molar-refractivity contribution in [3.8, 4) is 0 Å². The van der Waals surface area contributed by atoms with Crippen molar-refractivity contribution in [2.24, 2.45) is 5.92 Å². The Bertz CT molecular complexity index is 444. The van der Waals surface area contributed by atoms with Crippen LogP contribution in [0.15, 0.2) is 30.3 Å². The average molecular weight is 285 g/mol. The molecule has 1 atom stereocenters. The number of hydrogen-bond donors (Lipinski definition) is 0. The Morgan fingerprint density at radius 2 is 1.95 bits per heavy atom. The van der Waals surface area contributed by atoms with Crippen LogP contribution in [0.4, 0.5) is 13.2 Å². The van der Waals surface area contributed by atoms with Gasteiger partial charge in [-0.3, -0.25) is 4.79 Å². The van der Waals surface area contributed by atoms with Crippen LogP contribution in [-0.4, -0.2) is 30.1 Å². The third-order valence-corrected chi connectivity index (χ3v) is 3.71. The van der Waals surface area contributed by atoms with Crippen LogP contribution >= 0.6 is 0 Å². The number of piperidine rings is 1. The highest BCUT2D eigenvalue weighted by atomic mass is 19.4. The number of likely N-dealkylation sites (tertiary alicyclic amines) is 1. The fourth-order valence-corrected chi connectivity index (χ4v) is 2.52. The van der Waals surface area contributed by atoms with Gasteiger partial charge in [-0.15, -0.1) is 0 Å². The summed E-state index contributed by atoms with van der Waals surface area (Å²) in [5.41, 5.74) is 1.03. The number of benzene rings is 1. The second kappa shape index (κ2) is 6.29. The molecule has 1 aliphatic rings. The van der Waals surface area contributed by atoms with Gasteiger partial charge >= 0.3 is 6.18 Å². The van der Waals surface area contributed by atoms with E-state index in [1.807, 2.05) is 30.3 Å². The van der Waals surface area contributed by atoms with Gasteiger partial charge in [-0.05, 0) is 24.8 Å². The molecule has 2 nitrogen and oxygen atoms in total. The molecule has 0 unspecified atom stereocenters. The van der Waals surface area contributed by atoms with Gasteiger partial charge in [-0.1, -0.05) is 30.3 Å². The molecule has 20 heavy (non-hydrogen) atoms. The summed E-state index contributed by atoms with van der Waals surface area (Å²) in [6.45, 7) is 0.261. The Balaban J connectivity index is 1.86. The lowest BCUT2D eigenvalue weighted by Crippen LogP contribution is -2.44. The van der Waals surface area contributed by atoms with Gasteiger partial charge in [0.25, 0.3) is 0 Å². The molecule has 0 bridgehead atoms. The van der Waals surface area contributed by atoms with Gasteiger partial charge in [-0.25, -0.2) is 0 Å². The SMILES string of the molecule is O=C(CCc1ccccc1)N1CCC[C@@H](C(F)(F)F)C1. The smallest absolute Gasteiger partial charge is 0.342 e. The standard InChI is InChI=1S/C15H18F3NO/c16-15(17,18)13-7-4-10-19(11-13)14(20)9-8-12-5-2-1-3-6-12/h1-3,5-6,13H,4,7-11H2/t13-/m1/s1. The van der Waals surface area contributed by atoms with Gasteiger partial charge in [0.05, 0.1) is 5.92 Å². The Kier molecular flexibility index (Phi) is 4.68. The van der Waals surface area contributed by atoms with Crippen LogP contribution in [0.5, 0.6) is 0 Å². The number of hydrogen-bond acceptors (Lipinski definition) is 1. The van der Waals surface area contributed by atoms with E-state index in [4.69, 9.17) is 0 Å². The summed E-state index contributed by atoms with van der Waals surface area (Å²) in [6.07, 6.45) is -2.78. The number of carbonyl (C=O) groups is 1. The molecule has 2 rings (SSSR count). The molecule has 0 aliphatic carbocycles. The van der Waals surface area contributed by atoms with Gasteiger partial charge in [0.2, 0.25) is 5.91 Å². The molecule has 0 aromatic heterocycles. The minimum absolute atomic E-state index is 0.131. The number of aryl methyl sites for hydroxylation is 1. The summed E-state index contributed by atoms with van der Waals surface area (Å²) in [6, 6.07) is 9.51. The van der Waals surface area contributed by atoms with E-state index in [9.17, 15) is 18.0 Å². The van der Waals surface area contributed by atoms with Crippen molar-refractivity contribution in [3.05, 3.63) is 35.9 Å². The highest BCUT2D eigenvalue weighted by molar-refractivity contribution is 5.76. The molecule has 1 aromatic rings. The van der Waals surface area contributed by atoms with Gasteiger partial charge in [0.1, 0.15) is 0 Å². The summed E-state index contributed by atoms with van der Waals surface area (Å²) in [4.78, 5) is 13.4. The zero-order chi connectivity index (χ0) is 14.6. The Labute approximate surface area is 116 Å². The summed E-state index contributed by atoms with van der Waals surface area (Å²) >= 11 is 0. The van der Waals surface area contributed by atoms with Crippen molar-refractivity contribution in [1.29, 1.82) is 0 Å². The van der Waals surface area contributed by atoms with E-state index in [2.05, 4.69) is 0 Å². The fraction of sp³-hybridized carbons (Fsp3) is 0.533. The van der Waals surface area contributed by atoms with Gasteiger partial charge in [-0.2, -0.15) is 13.2 Å². The second-order valence-corrected chi connectivity index (χ2v) is 5.21. The molecule has 0 N–H and O–H groups in total. The first kappa shape index (κ1) is 14.9. The number of nitrogens with zero attached hydrogens (tertiary/aromatic N) is 1. The first-order valence-electron chi connectivity index (χ1n) is 6.85. The highest BCUT2D eigenvalue weighted by Gasteiger charge is 2.42. The molecule has 1 aromatic carbocycles. The fourth-order valence-electron chi connectivity index (χ4n) is 2.52. The summed E-state index contributed by atoms with van der Waals surface area (Å²) in [5.74, 6) is -1.54. The molecule has 0 spiro atoms. The van der Waals surface area contributed by atoms with E-state index in [0.29, 0.717) is 19.4 Å². The maximum Gasteiger partial charge on any atom is 0.393 e. The van der Waals surface area contributed by atoms with Gasteiger partial charge < -0.3 is 4.90 Å². The highest BCUT2D eigenvalue weighted by Crippen LogP contribution is 2.33. The Morgan fingerprint density at radius 3 is 2.60 bits per heavy atom. The molecule has 0 saturated carbocycles. The average Bonchev–Trinajstić information content (AvgIpc) is 2.45. The van der Waals surface area contributed by atoms with E-state index >= 15 is 0 Å². The quantitative estimate of drug-likeness (QED) is 0.833. The number of halogens is 3. The van der Waals surface area contributed by atoms with Crippen LogP contribution in [0.25, 0.3) is 0 Å². The van der Waals surface area contributed by atoms with Crippen molar-refractivity contribution in [2.45, 2.75) is 31.9 Å². The molecule has 0 radical (unpaired) electrons. The maximum atomic E-state index is 12.7. The molecule has 1 amide bonds.